The van der Waals surface area contributed by atoms with Gasteiger partial charge in [-0.15, -0.1) is 0 Å². The Labute approximate surface area is 375 Å². The van der Waals surface area contributed by atoms with Crippen molar-refractivity contribution in [1.82, 2.24) is 0 Å². The first-order valence-corrected chi connectivity index (χ1v) is 22.4. The van der Waals surface area contributed by atoms with E-state index in [0.29, 0.717) is 0 Å². The molecule has 0 N–H and O–H groups in total. The molecule has 11 aromatic rings. The van der Waals surface area contributed by atoms with E-state index < -0.39 is 0 Å². The van der Waals surface area contributed by atoms with Gasteiger partial charge in [-0.05, 0) is 154 Å². The second kappa shape index (κ2) is 14.6. The zero-order chi connectivity index (χ0) is 44.1. The molecule has 0 spiro atoms. The van der Waals surface area contributed by atoms with Crippen molar-refractivity contribution >= 4 is 99.5 Å². The summed E-state index contributed by atoms with van der Waals surface area (Å²) in [4.78, 5) is 4.77. The van der Waals surface area contributed by atoms with E-state index in [1.54, 1.807) is 0 Å². The van der Waals surface area contributed by atoms with Crippen LogP contribution in [0.5, 0.6) is 0 Å². The number of rotatable bonds is 6. The first-order chi connectivity index (χ1) is 30.8. The predicted molar refractivity (Wildman–Crippen MR) is 272 cm³/mol. The van der Waals surface area contributed by atoms with E-state index in [4.69, 9.17) is 8.83 Å². The van der Waals surface area contributed by atoms with Gasteiger partial charge in [0, 0.05) is 55.7 Å². The van der Waals surface area contributed by atoms with Crippen LogP contribution in [0, 0.1) is 13.8 Å². The average molecular weight is 833 g/mol. The van der Waals surface area contributed by atoms with E-state index in [0.717, 1.165) is 88.2 Å². The molecular formula is C60H52N2O2. The normalized spacial score (nSPS) is 12.4. The van der Waals surface area contributed by atoms with Gasteiger partial charge in [-0.1, -0.05) is 125 Å². The lowest BCUT2D eigenvalue weighted by molar-refractivity contribution is 0.590. The number of furan rings is 2. The number of hydrogen-bond acceptors (Lipinski definition) is 4. The largest absolute Gasteiger partial charge is 0.456 e. The Morgan fingerprint density at radius 2 is 0.672 bits per heavy atom. The van der Waals surface area contributed by atoms with Crippen molar-refractivity contribution in [1.29, 1.82) is 0 Å². The van der Waals surface area contributed by atoms with Crippen molar-refractivity contribution in [3.8, 4) is 0 Å². The molecule has 0 aliphatic rings. The van der Waals surface area contributed by atoms with Crippen molar-refractivity contribution in [2.24, 2.45) is 0 Å². The van der Waals surface area contributed by atoms with Crippen molar-refractivity contribution < 1.29 is 8.83 Å². The summed E-state index contributed by atoms with van der Waals surface area (Å²) < 4.78 is 13.5. The molecule has 0 saturated heterocycles. The van der Waals surface area contributed by atoms with E-state index in [1.807, 2.05) is 0 Å². The molecule has 2 aromatic heterocycles. The highest BCUT2D eigenvalue weighted by molar-refractivity contribution is 6.18. The van der Waals surface area contributed by atoms with Gasteiger partial charge < -0.3 is 18.6 Å². The van der Waals surface area contributed by atoms with Crippen LogP contribution in [0.1, 0.15) is 63.8 Å². The van der Waals surface area contributed by atoms with E-state index in [9.17, 15) is 0 Å². The monoisotopic (exact) mass is 832 g/mol. The highest BCUT2D eigenvalue weighted by Crippen LogP contribution is 2.45. The number of para-hydroxylation sites is 2. The van der Waals surface area contributed by atoms with Gasteiger partial charge in [-0.2, -0.15) is 0 Å². The Morgan fingerprint density at radius 3 is 1.06 bits per heavy atom. The summed E-state index contributed by atoms with van der Waals surface area (Å²) in [6.45, 7) is 18.0. The molecule has 4 nitrogen and oxygen atoms in total. The summed E-state index contributed by atoms with van der Waals surface area (Å²) in [6.07, 6.45) is 0. The average Bonchev–Trinajstić information content (AvgIpc) is 3.80. The Bertz CT molecular complexity index is 3350. The van der Waals surface area contributed by atoms with E-state index in [1.165, 1.54) is 33.6 Å². The Balaban J connectivity index is 1.01. The summed E-state index contributed by atoms with van der Waals surface area (Å²) in [7, 11) is 0. The number of hydrogen-bond donors (Lipinski definition) is 0. The molecule has 0 saturated carbocycles. The molecule has 0 aliphatic heterocycles. The zero-order valence-corrected chi connectivity index (χ0v) is 37.9. The number of aryl methyl sites for hydroxylation is 2. The fourth-order valence-corrected chi connectivity index (χ4v) is 9.63. The minimum atomic E-state index is -0.0406. The smallest absolute Gasteiger partial charge is 0.136 e. The van der Waals surface area contributed by atoms with Gasteiger partial charge in [0.2, 0.25) is 0 Å². The second-order valence-corrected chi connectivity index (χ2v) is 19.7. The fourth-order valence-electron chi connectivity index (χ4n) is 9.63. The van der Waals surface area contributed by atoms with Crippen molar-refractivity contribution in [3.05, 3.63) is 192 Å². The van der Waals surface area contributed by atoms with E-state index in [2.05, 4.69) is 235 Å². The molecule has 0 aliphatic carbocycles. The number of nitrogens with zero attached hydrogens (tertiary/aromatic N) is 2. The maximum atomic E-state index is 6.73. The van der Waals surface area contributed by atoms with Crippen molar-refractivity contribution in [2.45, 2.75) is 66.2 Å². The molecular weight excluding hydrogens is 781 g/mol. The standard InChI is InChI=1S/C60H52N2O2/c1-37-17-23-43(24-18-37)61(53-15-11-9-13-51(53)59(3,4)5)45-27-21-39-31-47-49-35-58-50(36-57(49)63-55(47)33-41(39)29-45)48-32-40-22-28-46(30-42(40)34-56(48)64-58)62(44-25-19-38(2)20-26-44)54-16-12-10-14-52(54)60(6,7)8/h9-36H,1-8H3. The van der Waals surface area contributed by atoms with Crippen LogP contribution in [-0.4, -0.2) is 0 Å². The lowest BCUT2D eigenvalue weighted by Crippen LogP contribution is -2.19. The molecule has 0 fully saturated rings. The topological polar surface area (TPSA) is 32.8 Å². The van der Waals surface area contributed by atoms with E-state index in [-0.39, 0.29) is 10.8 Å². The lowest BCUT2D eigenvalue weighted by Gasteiger charge is -2.32. The van der Waals surface area contributed by atoms with Gasteiger partial charge in [0.25, 0.3) is 0 Å². The highest BCUT2D eigenvalue weighted by Gasteiger charge is 2.25. The first kappa shape index (κ1) is 39.5. The van der Waals surface area contributed by atoms with Gasteiger partial charge in [0.1, 0.15) is 22.3 Å². The minimum Gasteiger partial charge on any atom is -0.456 e. The molecule has 0 atom stereocenters. The second-order valence-electron chi connectivity index (χ2n) is 19.7. The molecule has 0 amide bonds. The predicted octanol–water partition coefficient (Wildman–Crippen LogP) is 17.9. The third-order valence-corrected chi connectivity index (χ3v) is 13.0. The number of fused-ring (bicyclic) bond motifs is 8. The Kier molecular flexibility index (Phi) is 9.04. The quantitative estimate of drug-likeness (QED) is 0.167. The number of benzene rings is 9. The van der Waals surface area contributed by atoms with Crippen LogP contribution in [0.25, 0.3) is 65.4 Å². The third-order valence-electron chi connectivity index (χ3n) is 13.0. The third kappa shape index (κ3) is 6.76. The number of anilines is 6. The van der Waals surface area contributed by atoms with Crippen LogP contribution >= 0.6 is 0 Å². The van der Waals surface area contributed by atoms with Gasteiger partial charge >= 0.3 is 0 Å². The summed E-state index contributed by atoms with van der Waals surface area (Å²) >= 11 is 0. The van der Waals surface area contributed by atoms with Crippen LogP contribution in [0.4, 0.5) is 34.1 Å². The summed E-state index contributed by atoms with van der Waals surface area (Å²) in [6, 6.07) is 62.0. The summed E-state index contributed by atoms with van der Waals surface area (Å²) in [5.41, 5.74) is 15.2. The molecule has 0 unspecified atom stereocenters. The molecule has 64 heavy (non-hydrogen) atoms. The summed E-state index contributed by atoms with van der Waals surface area (Å²) in [5, 5.41) is 8.80. The highest BCUT2D eigenvalue weighted by atomic mass is 16.3. The fraction of sp³-hybridized carbons (Fsp3) is 0.167. The molecule has 0 radical (unpaired) electrons. The SMILES string of the molecule is Cc1ccc(N(c2ccc3cc4c(cc3c2)oc2cc3c(cc24)oc2cc4cc(N(c5ccc(C)cc5)c5ccccc5C(C)(C)C)ccc4cc23)c2ccccc2C(C)(C)C)cc1. The molecule has 9 aromatic carbocycles. The maximum Gasteiger partial charge on any atom is 0.136 e. The van der Waals surface area contributed by atoms with Crippen LogP contribution in [0.3, 0.4) is 0 Å². The van der Waals surface area contributed by atoms with Crippen molar-refractivity contribution in [2.75, 3.05) is 9.80 Å². The Morgan fingerprint density at radius 1 is 0.328 bits per heavy atom. The minimum absolute atomic E-state index is 0.0406. The Hall–Kier alpha value is -7.30. The molecule has 2 heterocycles. The molecule has 314 valence electrons. The maximum absolute atomic E-state index is 6.73. The lowest BCUT2D eigenvalue weighted by atomic mass is 9.85. The van der Waals surface area contributed by atoms with E-state index >= 15 is 0 Å². The molecule has 0 bridgehead atoms. The first-order valence-electron chi connectivity index (χ1n) is 22.4. The molecule has 4 heteroatoms. The molecule has 11 rings (SSSR count). The van der Waals surface area contributed by atoms with Gasteiger partial charge in [0.05, 0.1) is 0 Å². The summed E-state index contributed by atoms with van der Waals surface area (Å²) in [5.74, 6) is 0. The van der Waals surface area contributed by atoms with Crippen LogP contribution in [-0.2, 0) is 10.8 Å². The van der Waals surface area contributed by atoms with Crippen LogP contribution in [0.2, 0.25) is 0 Å². The van der Waals surface area contributed by atoms with Gasteiger partial charge in [-0.25, -0.2) is 0 Å². The van der Waals surface area contributed by atoms with Crippen molar-refractivity contribution in [3.63, 3.8) is 0 Å². The van der Waals surface area contributed by atoms with Gasteiger partial charge in [0.15, 0.2) is 0 Å². The zero-order valence-electron chi connectivity index (χ0n) is 37.9. The van der Waals surface area contributed by atoms with Gasteiger partial charge in [-0.3, -0.25) is 0 Å². The van der Waals surface area contributed by atoms with Crippen LogP contribution < -0.4 is 9.80 Å². The van der Waals surface area contributed by atoms with Crippen LogP contribution in [0.15, 0.2) is 179 Å².